The van der Waals surface area contributed by atoms with Crippen molar-refractivity contribution in [3.63, 3.8) is 0 Å². The second-order valence-electron chi connectivity index (χ2n) is 7.16. The lowest BCUT2D eigenvalue weighted by atomic mass is 10.0. The summed E-state index contributed by atoms with van der Waals surface area (Å²) in [4.78, 5) is 17.3. The molecule has 28 heavy (non-hydrogen) atoms. The largest absolute Gasteiger partial charge is 0.344 e. The molecule has 1 aromatic carbocycles. The second-order valence-corrected chi connectivity index (χ2v) is 8.71. The monoisotopic (exact) mass is 414 g/mol. The summed E-state index contributed by atoms with van der Waals surface area (Å²) in [6.07, 6.45) is 2.20. The standard InChI is InChI=1S/C19H19ClN6OS/c1-19(2,21)18(27)23-13(9-16-22-12-5-3-4-6-14(12)28-16)17-25-24-15-8-7-11(20)10-26(15)17/h3-8,10,13H,9,21H2,1-2H3,(H,23,27). The number of halogens is 1. The molecule has 4 aromatic rings. The van der Waals surface area contributed by atoms with Crippen LogP contribution in [-0.2, 0) is 11.2 Å². The van der Waals surface area contributed by atoms with Crippen molar-refractivity contribution in [1.29, 1.82) is 0 Å². The van der Waals surface area contributed by atoms with Crippen molar-refractivity contribution in [2.75, 3.05) is 0 Å². The average molecular weight is 415 g/mol. The fourth-order valence-corrected chi connectivity index (χ4v) is 4.03. The molecule has 3 N–H and O–H groups in total. The summed E-state index contributed by atoms with van der Waals surface area (Å²) in [6.45, 7) is 3.33. The third kappa shape index (κ3) is 3.71. The number of carbonyl (C=O) groups excluding carboxylic acids is 1. The van der Waals surface area contributed by atoms with E-state index in [4.69, 9.17) is 17.3 Å². The highest BCUT2D eigenvalue weighted by molar-refractivity contribution is 7.18. The molecule has 3 heterocycles. The highest BCUT2D eigenvalue weighted by atomic mass is 35.5. The Kier molecular flexibility index (Phi) is 4.78. The molecule has 0 spiro atoms. The Hall–Kier alpha value is -2.55. The van der Waals surface area contributed by atoms with Gasteiger partial charge >= 0.3 is 0 Å². The molecular weight excluding hydrogens is 396 g/mol. The highest BCUT2D eigenvalue weighted by Crippen LogP contribution is 2.26. The zero-order valence-electron chi connectivity index (χ0n) is 15.4. The molecule has 1 atom stereocenters. The summed E-state index contributed by atoms with van der Waals surface area (Å²) in [5, 5.41) is 12.9. The molecule has 1 unspecified atom stereocenters. The van der Waals surface area contributed by atoms with Gasteiger partial charge in [0.25, 0.3) is 0 Å². The molecular formula is C19H19ClN6OS. The van der Waals surface area contributed by atoms with Crippen LogP contribution in [0.1, 0.15) is 30.7 Å². The Morgan fingerprint density at radius 1 is 1.29 bits per heavy atom. The number of para-hydroxylation sites is 1. The van der Waals surface area contributed by atoms with Crippen LogP contribution in [0, 0.1) is 0 Å². The molecule has 144 valence electrons. The lowest BCUT2D eigenvalue weighted by Crippen LogP contribution is -2.50. The number of thiazole rings is 1. The van der Waals surface area contributed by atoms with Crippen LogP contribution in [0.5, 0.6) is 0 Å². The van der Waals surface area contributed by atoms with Crippen molar-refractivity contribution in [3.05, 3.63) is 58.4 Å². The van der Waals surface area contributed by atoms with E-state index in [1.165, 1.54) is 0 Å². The summed E-state index contributed by atoms with van der Waals surface area (Å²) in [5.74, 6) is 0.298. The summed E-state index contributed by atoms with van der Waals surface area (Å²) in [6, 6.07) is 11.0. The van der Waals surface area contributed by atoms with Crippen LogP contribution in [0.2, 0.25) is 5.02 Å². The first kappa shape index (κ1) is 18.8. The SMILES string of the molecule is CC(C)(N)C(=O)NC(Cc1nc2ccccc2s1)c1nnc2ccc(Cl)cn12. The van der Waals surface area contributed by atoms with Crippen LogP contribution in [0.4, 0.5) is 0 Å². The number of carbonyl (C=O) groups is 1. The van der Waals surface area contributed by atoms with Gasteiger partial charge in [-0.3, -0.25) is 9.20 Å². The van der Waals surface area contributed by atoms with E-state index in [0.717, 1.165) is 15.2 Å². The molecule has 0 aliphatic rings. The van der Waals surface area contributed by atoms with Gasteiger partial charge < -0.3 is 11.1 Å². The normalized spacial score (nSPS) is 13.1. The van der Waals surface area contributed by atoms with Gasteiger partial charge in [0.2, 0.25) is 5.91 Å². The van der Waals surface area contributed by atoms with E-state index in [9.17, 15) is 4.79 Å². The number of nitrogens with zero attached hydrogens (tertiary/aromatic N) is 4. The van der Waals surface area contributed by atoms with E-state index < -0.39 is 11.6 Å². The fraction of sp³-hybridized carbons (Fsp3) is 0.263. The number of nitrogens with one attached hydrogen (secondary N) is 1. The predicted octanol–water partition coefficient (Wildman–Crippen LogP) is 3.13. The van der Waals surface area contributed by atoms with E-state index in [2.05, 4.69) is 20.5 Å². The molecule has 0 saturated carbocycles. The lowest BCUT2D eigenvalue weighted by Gasteiger charge is -2.23. The number of hydrogen-bond donors (Lipinski definition) is 2. The second kappa shape index (κ2) is 7.12. The molecule has 1 amide bonds. The Bertz CT molecular complexity index is 1130. The van der Waals surface area contributed by atoms with Gasteiger partial charge in [-0.2, -0.15) is 0 Å². The molecule has 0 bridgehead atoms. The number of rotatable bonds is 5. The van der Waals surface area contributed by atoms with Crippen molar-refractivity contribution in [1.82, 2.24) is 24.9 Å². The lowest BCUT2D eigenvalue weighted by molar-refractivity contribution is -0.126. The van der Waals surface area contributed by atoms with Crippen molar-refractivity contribution in [2.45, 2.75) is 31.8 Å². The number of aromatic nitrogens is 4. The van der Waals surface area contributed by atoms with Crippen molar-refractivity contribution >= 4 is 44.7 Å². The van der Waals surface area contributed by atoms with Gasteiger partial charge in [-0.1, -0.05) is 23.7 Å². The van der Waals surface area contributed by atoms with Crippen LogP contribution in [0.15, 0.2) is 42.6 Å². The van der Waals surface area contributed by atoms with E-state index >= 15 is 0 Å². The number of hydrogen-bond acceptors (Lipinski definition) is 6. The third-order valence-electron chi connectivity index (χ3n) is 4.31. The highest BCUT2D eigenvalue weighted by Gasteiger charge is 2.28. The third-order valence-corrected chi connectivity index (χ3v) is 5.59. The van der Waals surface area contributed by atoms with Crippen molar-refractivity contribution in [2.24, 2.45) is 5.73 Å². The van der Waals surface area contributed by atoms with E-state index in [1.807, 2.05) is 24.3 Å². The molecule has 0 aliphatic carbocycles. The summed E-state index contributed by atoms with van der Waals surface area (Å²) in [5.41, 5.74) is 6.54. The summed E-state index contributed by atoms with van der Waals surface area (Å²) >= 11 is 7.74. The average Bonchev–Trinajstić information content (AvgIpc) is 3.23. The van der Waals surface area contributed by atoms with Gasteiger partial charge in [-0.25, -0.2) is 4.98 Å². The summed E-state index contributed by atoms with van der Waals surface area (Å²) < 4.78 is 2.88. The Labute approximate surface area is 170 Å². The van der Waals surface area contributed by atoms with E-state index in [0.29, 0.717) is 22.9 Å². The molecule has 3 aromatic heterocycles. The maximum atomic E-state index is 12.6. The first-order valence-electron chi connectivity index (χ1n) is 8.76. The Balaban J connectivity index is 1.74. The van der Waals surface area contributed by atoms with Crippen molar-refractivity contribution < 1.29 is 4.79 Å². The van der Waals surface area contributed by atoms with E-state index in [1.54, 1.807) is 47.9 Å². The van der Waals surface area contributed by atoms with Crippen LogP contribution >= 0.6 is 22.9 Å². The number of amides is 1. The molecule has 9 heteroatoms. The molecule has 0 radical (unpaired) electrons. The minimum atomic E-state index is -1.02. The van der Waals surface area contributed by atoms with Crippen LogP contribution < -0.4 is 11.1 Å². The summed E-state index contributed by atoms with van der Waals surface area (Å²) in [7, 11) is 0. The molecule has 0 aliphatic heterocycles. The Morgan fingerprint density at radius 3 is 2.82 bits per heavy atom. The van der Waals surface area contributed by atoms with Crippen molar-refractivity contribution in [3.8, 4) is 0 Å². The van der Waals surface area contributed by atoms with Gasteiger partial charge in [0.15, 0.2) is 11.5 Å². The predicted molar refractivity (Wildman–Crippen MR) is 110 cm³/mol. The first-order chi connectivity index (χ1) is 13.3. The number of nitrogens with two attached hydrogens (primary N) is 1. The first-order valence-corrected chi connectivity index (χ1v) is 9.95. The minimum absolute atomic E-state index is 0.280. The van der Waals surface area contributed by atoms with E-state index in [-0.39, 0.29) is 5.91 Å². The molecule has 4 rings (SSSR count). The smallest absolute Gasteiger partial charge is 0.240 e. The molecule has 7 nitrogen and oxygen atoms in total. The van der Waals surface area contributed by atoms with Crippen LogP contribution in [0.3, 0.4) is 0 Å². The van der Waals surface area contributed by atoms with Crippen LogP contribution in [-0.4, -0.2) is 31.0 Å². The molecule has 0 fully saturated rings. The fourth-order valence-electron chi connectivity index (χ4n) is 2.85. The Morgan fingerprint density at radius 2 is 2.07 bits per heavy atom. The quantitative estimate of drug-likeness (QED) is 0.522. The van der Waals surface area contributed by atoms with Crippen LogP contribution in [0.25, 0.3) is 15.9 Å². The minimum Gasteiger partial charge on any atom is -0.344 e. The topological polar surface area (TPSA) is 98.2 Å². The van der Waals surface area contributed by atoms with Gasteiger partial charge in [0.05, 0.1) is 31.8 Å². The van der Waals surface area contributed by atoms with Gasteiger partial charge in [0.1, 0.15) is 0 Å². The number of pyridine rings is 1. The zero-order chi connectivity index (χ0) is 19.9. The number of fused-ring (bicyclic) bond motifs is 2. The zero-order valence-corrected chi connectivity index (χ0v) is 17.0. The maximum absolute atomic E-state index is 12.6. The van der Waals surface area contributed by atoms with Gasteiger partial charge in [-0.15, -0.1) is 21.5 Å². The maximum Gasteiger partial charge on any atom is 0.240 e. The number of benzene rings is 1. The van der Waals surface area contributed by atoms with Gasteiger partial charge in [-0.05, 0) is 38.1 Å². The van der Waals surface area contributed by atoms with Gasteiger partial charge in [0, 0.05) is 12.6 Å². The molecule has 0 saturated heterocycles.